The first-order valence-electron chi connectivity index (χ1n) is 2.13. The highest BCUT2D eigenvalue weighted by Crippen LogP contribution is 2.27. The minimum atomic E-state index is -2.40. The lowest BCUT2D eigenvalue weighted by Crippen LogP contribution is -2.07. The molecule has 0 aliphatic heterocycles. The predicted molar refractivity (Wildman–Crippen MR) is 42.9 cm³/mol. The Hall–Kier alpha value is 0.827. The van der Waals surface area contributed by atoms with Gasteiger partial charge in [0.2, 0.25) is 0 Å². The van der Waals surface area contributed by atoms with Crippen LogP contribution in [-0.2, 0) is 0 Å². The van der Waals surface area contributed by atoms with E-state index >= 15 is 0 Å². The smallest absolute Gasteiger partial charge is 0.126 e. The van der Waals surface area contributed by atoms with Crippen molar-refractivity contribution in [3.05, 3.63) is 12.2 Å². The molecule has 0 aromatic rings. The van der Waals surface area contributed by atoms with E-state index in [-0.39, 0.29) is 0 Å². The molecule has 0 N–H and O–H groups in total. The Kier molecular flexibility index (Phi) is 3.43. The van der Waals surface area contributed by atoms with E-state index in [0.29, 0.717) is 6.04 Å². The molecule has 0 radical (unpaired) electrons. The molecule has 0 aliphatic rings. The van der Waals surface area contributed by atoms with Crippen molar-refractivity contribution in [3.63, 3.8) is 0 Å². The summed E-state index contributed by atoms with van der Waals surface area (Å²) in [6.45, 7) is 5.48. The first-order valence-corrected chi connectivity index (χ1v) is 7.37. The highest BCUT2D eigenvalue weighted by atomic mass is 35.8. The molecule has 0 heterocycles. The summed E-state index contributed by atoms with van der Waals surface area (Å²) in [4.78, 5) is 0. The number of hydrogen-bond donors (Lipinski definition) is 0. The molecule has 0 saturated carbocycles. The van der Waals surface area contributed by atoms with Crippen LogP contribution in [0.25, 0.3) is 0 Å². The quantitative estimate of drug-likeness (QED) is 0.356. The van der Waals surface area contributed by atoms with Gasteiger partial charge in [-0.15, -0.1) is 39.8 Å². The van der Waals surface area contributed by atoms with E-state index in [1.807, 2.05) is 6.92 Å². The molecule has 0 aromatic carbocycles. The van der Waals surface area contributed by atoms with Gasteiger partial charge < -0.3 is 0 Å². The van der Waals surface area contributed by atoms with Crippen LogP contribution in [0.2, 0.25) is 6.04 Å². The molecule has 8 heavy (non-hydrogen) atoms. The van der Waals surface area contributed by atoms with Gasteiger partial charge in [-0.2, -0.15) is 0 Å². The Bertz CT molecular complexity index is 93.9. The van der Waals surface area contributed by atoms with E-state index in [0.717, 1.165) is 5.57 Å². The minimum absolute atomic E-state index is 0.567. The molecule has 0 atom stereocenters. The largest absolute Gasteiger partial charge is 0.345 e. The van der Waals surface area contributed by atoms with Gasteiger partial charge >= 0.3 is 6.00 Å². The Labute approximate surface area is 64.6 Å². The predicted octanol–water partition coefficient (Wildman–Crippen LogP) is 3.22. The second kappa shape index (κ2) is 3.11. The zero-order valence-corrected chi connectivity index (χ0v) is 7.82. The summed E-state index contributed by atoms with van der Waals surface area (Å²) >= 11 is 16.6. The lowest BCUT2D eigenvalue weighted by molar-refractivity contribution is 1.40. The van der Waals surface area contributed by atoms with Crippen molar-refractivity contribution in [1.82, 2.24) is 0 Å². The van der Waals surface area contributed by atoms with Crippen LogP contribution in [0.5, 0.6) is 0 Å². The third-order valence-corrected chi connectivity index (χ3v) is 2.71. The van der Waals surface area contributed by atoms with E-state index in [1.165, 1.54) is 0 Å². The average Bonchev–Trinajstić information content (AvgIpc) is 1.21. The molecule has 0 aliphatic carbocycles. The summed E-state index contributed by atoms with van der Waals surface area (Å²) in [5.74, 6) is 0. The van der Waals surface area contributed by atoms with Crippen LogP contribution in [0, 0.1) is 0 Å². The molecule has 0 unspecified atom stereocenters. The minimum Gasteiger partial charge on any atom is -0.126 e. The fourth-order valence-electron chi connectivity index (χ4n) is 0.342. The maximum absolute atomic E-state index is 5.54. The summed E-state index contributed by atoms with van der Waals surface area (Å²) in [5.41, 5.74) is 0.941. The zero-order valence-electron chi connectivity index (χ0n) is 4.55. The summed E-state index contributed by atoms with van der Waals surface area (Å²) in [7, 11) is 0. The lowest BCUT2D eigenvalue weighted by atomic mass is 10.4. The molecule has 0 nitrogen and oxygen atoms in total. The van der Waals surface area contributed by atoms with Crippen molar-refractivity contribution < 1.29 is 0 Å². The molecule has 0 aromatic heterocycles. The lowest BCUT2D eigenvalue weighted by Gasteiger charge is -2.04. The first-order chi connectivity index (χ1) is 3.42. The Morgan fingerprint density at radius 2 is 1.88 bits per heavy atom. The Balaban J connectivity index is 3.55. The molecular weight excluding hydrogens is 182 g/mol. The molecule has 4 heteroatoms. The van der Waals surface area contributed by atoms with Gasteiger partial charge in [-0.05, 0) is 6.92 Å². The van der Waals surface area contributed by atoms with E-state index < -0.39 is 6.00 Å². The number of halogens is 3. The topological polar surface area (TPSA) is 0 Å². The molecule has 0 bridgehead atoms. The molecule has 0 fully saturated rings. The Morgan fingerprint density at radius 3 is 1.88 bits per heavy atom. The number of hydrogen-bond acceptors (Lipinski definition) is 0. The van der Waals surface area contributed by atoms with Gasteiger partial charge in [0.05, 0.1) is 0 Å². The van der Waals surface area contributed by atoms with Gasteiger partial charge in [0, 0.05) is 6.04 Å². The molecular formula is C4H7Cl3Si. The fourth-order valence-corrected chi connectivity index (χ4v) is 3.08. The molecule has 0 saturated heterocycles. The summed E-state index contributed by atoms with van der Waals surface area (Å²) in [5, 5.41) is 0. The molecule has 48 valence electrons. The van der Waals surface area contributed by atoms with Crippen LogP contribution in [0.1, 0.15) is 6.92 Å². The van der Waals surface area contributed by atoms with Crippen LogP contribution < -0.4 is 0 Å². The van der Waals surface area contributed by atoms with Gasteiger partial charge in [-0.1, -0.05) is 5.57 Å². The van der Waals surface area contributed by atoms with E-state index in [1.54, 1.807) is 0 Å². The Morgan fingerprint density at radius 1 is 1.50 bits per heavy atom. The van der Waals surface area contributed by atoms with Crippen LogP contribution in [-0.4, -0.2) is 6.00 Å². The van der Waals surface area contributed by atoms with E-state index in [9.17, 15) is 0 Å². The van der Waals surface area contributed by atoms with E-state index in [2.05, 4.69) is 6.58 Å². The van der Waals surface area contributed by atoms with Gasteiger partial charge in [-0.25, -0.2) is 0 Å². The summed E-state index contributed by atoms with van der Waals surface area (Å²) < 4.78 is 0. The van der Waals surface area contributed by atoms with Crippen LogP contribution >= 0.6 is 33.2 Å². The van der Waals surface area contributed by atoms with Crippen LogP contribution in [0.3, 0.4) is 0 Å². The third-order valence-electron chi connectivity index (χ3n) is 0.502. The summed E-state index contributed by atoms with van der Waals surface area (Å²) in [6, 6.07) is -1.84. The maximum Gasteiger partial charge on any atom is 0.345 e. The van der Waals surface area contributed by atoms with E-state index in [4.69, 9.17) is 33.2 Å². The van der Waals surface area contributed by atoms with Gasteiger partial charge in [0.1, 0.15) is 0 Å². The van der Waals surface area contributed by atoms with Crippen molar-refractivity contribution in [2.45, 2.75) is 13.0 Å². The summed E-state index contributed by atoms with van der Waals surface area (Å²) in [6.07, 6.45) is 0. The monoisotopic (exact) mass is 188 g/mol. The average molecular weight is 190 g/mol. The van der Waals surface area contributed by atoms with Crippen LogP contribution in [0.15, 0.2) is 12.2 Å². The van der Waals surface area contributed by atoms with Crippen molar-refractivity contribution >= 4 is 39.2 Å². The number of rotatable bonds is 2. The molecule has 0 spiro atoms. The normalized spacial score (nSPS) is 11.5. The zero-order chi connectivity index (χ0) is 6.78. The molecule has 0 amide bonds. The van der Waals surface area contributed by atoms with Crippen molar-refractivity contribution in [2.75, 3.05) is 0 Å². The van der Waals surface area contributed by atoms with Crippen LogP contribution in [0.4, 0.5) is 0 Å². The van der Waals surface area contributed by atoms with Gasteiger partial charge in [0.15, 0.2) is 0 Å². The highest BCUT2D eigenvalue weighted by Gasteiger charge is 2.23. The standard InChI is InChI=1S/C4H7Cl3Si/c1-4(2)3-8(5,6)7/h1,3H2,2H3. The second-order valence-corrected chi connectivity index (χ2v) is 10.9. The third kappa shape index (κ3) is 6.83. The number of allylic oxidation sites excluding steroid dienone is 1. The fraction of sp³-hybridized carbons (Fsp3) is 0.500. The first kappa shape index (κ1) is 8.83. The van der Waals surface area contributed by atoms with Crippen molar-refractivity contribution in [3.8, 4) is 0 Å². The highest BCUT2D eigenvalue weighted by molar-refractivity contribution is 7.64. The maximum atomic E-state index is 5.54. The second-order valence-electron chi connectivity index (χ2n) is 1.75. The SMILES string of the molecule is C=C(C)C[Si](Cl)(Cl)Cl. The van der Waals surface area contributed by atoms with Crippen molar-refractivity contribution in [2.24, 2.45) is 0 Å². The molecule has 0 rings (SSSR count). The van der Waals surface area contributed by atoms with Crippen molar-refractivity contribution in [1.29, 1.82) is 0 Å². The van der Waals surface area contributed by atoms with Gasteiger partial charge in [0.25, 0.3) is 0 Å². The van der Waals surface area contributed by atoms with Gasteiger partial charge in [-0.3, -0.25) is 0 Å².